The highest BCUT2D eigenvalue weighted by Crippen LogP contribution is 2.44. The minimum absolute atomic E-state index is 0.0447. The minimum atomic E-state index is 0.0447. The van der Waals surface area contributed by atoms with Crippen LogP contribution in [0.25, 0.3) is 0 Å². The Morgan fingerprint density at radius 1 is 0.720 bits per heavy atom. The average molecular weight is 346 g/mol. The molecule has 2 fully saturated rings. The molecule has 0 aromatic heterocycles. The lowest BCUT2D eigenvalue weighted by atomic mass is 9.67. The van der Waals surface area contributed by atoms with Crippen molar-refractivity contribution in [3.63, 3.8) is 0 Å². The molecule has 0 amide bonds. The van der Waals surface area contributed by atoms with Crippen LogP contribution in [0.1, 0.15) is 123 Å². The number of nitriles is 1. The molecule has 0 atom stereocenters. The first-order chi connectivity index (χ1) is 12.2. The van der Waals surface area contributed by atoms with Crippen LogP contribution >= 0.6 is 0 Å². The lowest BCUT2D eigenvalue weighted by molar-refractivity contribution is 0.171. The van der Waals surface area contributed by atoms with Gasteiger partial charge in [0.15, 0.2) is 0 Å². The molecule has 2 aliphatic rings. The highest BCUT2D eigenvalue weighted by Gasteiger charge is 2.35. The fourth-order valence-electron chi connectivity index (χ4n) is 5.41. The van der Waals surface area contributed by atoms with Gasteiger partial charge in [-0.3, -0.25) is 0 Å². The van der Waals surface area contributed by atoms with Crippen LogP contribution in [0.3, 0.4) is 0 Å². The molecule has 0 bridgehead atoms. The van der Waals surface area contributed by atoms with Gasteiger partial charge in [0.05, 0.1) is 11.5 Å². The molecular formula is C24H43N. The predicted octanol–water partition coefficient (Wildman–Crippen LogP) is 8.04. The summed E-state index contributed by atoms with van der Waals surface area (Å²) in [5, 5.41) is 9.64. The molecule has 0 spiro atoms. The van der Waals surface area contributed by atoms with Crippen molar-refractivity contribution in [2.45, 2.75) is 123 Å². The third-order valence-corrected chi connectivity index (χ3v) is 7.47. The van der Waals surface area contributed by atoms with E-state index in [1.54, 1.807) is 0 Å². The third-order valence-electron chi connectivity index (χ3n) is 7.47. The molecule has 0 heterocycles. The molecule has 2 saturated carbocycles. The second kappa shape index (κ2) is 11.3. The maximum Gasteiger partial charge on any atom is 0.0689 e. The van der Waals surface area contributed by atoms with Crippen LogP contribution in [0.15, 0.2) is 0 Å². The highest BCUT2D eigenvalue weighted by molar-refractivity contribution is 5.01. The van der Waals surface area contributed by atoms with E-state index in [4.69, 9.17) is 0 Å². The van der Waals surface area contributed by atoms with Crippen molar-refractivity contribution in [2.75, 3.05) is 0 Å². The van der Waals surface area contributed by atoms with Crippen molar-refractivity contribution in [3.05, 3.63) is 0 Å². The van der Waals surface area contributed by atoms with Crippen LogP contribution in [0.4, 0.5) is 0 Å². The van der Waals surface area contributed by atoms with E-state index in [0.717, 1.165) is 24.2 Å². The summed E-state index contributed by atoms with van der Waals surface area (Å²) < 4.78 is 0. The minimum Gasteiger partial charge on any atom is -0.198 e. The van der Waals surface area contributed by atoms with Crippen molar-refractivity contribution >= 4 is 0 Å². The van der Waals surface area contributed by atoms with E-state index in [-0.39, 0.29) is 5.41 Å². The molecule has 0 aromatic rings. The zero-order chi connectivity index (χ0) is 18.0. The maximum absolute atomic E-state index is 9.64. The van der Waals surface area contributed by atoms with E-state index < -0.39 is 0 Å². The van der Waals surface area contributed by atoms with Crippen LogP contribution < -0.4 is 0 Å². The third kappa shape index (κ3) is 6.96. The lowest BCUT2D eigenvalue weighted by Gasteiger charge is -2.36. The second-order valence-corrected chi connectivity index (χ2v) is 9.40. The summed E-state index contributed by atoms with van der Waals surface area (Å²) in [7, 11) is 0. The topological polar surface area (TPSA) is 23.8 Å². The first-order valence-corrected chi connectivity index (χ1v) is 11.6. The van der Waals surface area contributed by atoms with Crippen LogP contribution in [-0.4, -0.2) is 0 Å². The van der Waals surface area contributed by atoms with Gasteiger partial charge in [0, 0.05) is 0 Å². The fourth-order valence-corrected chi connectivity index (χ4v) is 5.41. The summed E-state index contributed by atoms with van der Waals surface area (Å²) in [6, 6.07) is 2.70. The number of rotatable bonds is 10. The Balaban J connectivity index is 1.60. The molecule has 0 saturated heterocycles. The first-order valence-electron chi connectivity index (χ1n) is 11.6. The lowest BCUT2D eigenvalue weighted by Crippen LogP contribution is -2.26. The van der Waals surface area contributed by atoms with Crippen LogP contribution in [0.2, 0.25) is 0 Å². The Hall–Kier alpha value is -0.510. The molecule has 0 aromatic carbocycles. The maximum atomic E-state index is 9.64. The Morgan fingerprint density at radius 2 is 1.24 bits per heavy atom. The van der Waals surface area contributed by atoms with Gasteiger partial charge in [0.1, 0.15) is 0 Å². The smallest absolute Gasteiger partial charge is 0.0689 e. The molecule has 1 heteroatoms. The molecule has 1 nitrogen and oxygen atoms in total. The first kappa shape index (κ1) is 20.8. The standard InChI is InChI=1S/C24H43N/c1-3-5-7-8-21-9-11-22(12-10-21)13-14-23-15-18-24(20-25,19-16-23)17-6-4-2/h21-23H,3-19H2,1-2H3/t21-,22-,23-,24-. The van der Waals surface area contributed by atoms with E-state index in [0.29, 0.717) is 0 Å². The number of hydrogen-bond donors (Lipinski definition) is 0. The molecule has 0 radical (unpaired) electrons. The molecule has 2 rings (SSSR count). The van der Waals surface area contributed by atoms with Gasteiger partial charge in [-0.25, -0.2) is 0 Å². The molecule has 25 heavy (non-hydrogen) atoms. The van der Waals surface area contributed by atoms with Gasteiger partial charge in [-0.2, -0.15) is 5.26 Å². The summed E-state index contributed by atoms with van der Waals surface area (Å²) >= 11 is 0. The molecule has 0 N–H and O–H groups in total. The fraction of sp³-hybridized carbons (Fsp3) is 0.958. The summed E-state index contributed by atoms with van der Waals surface area (Å²) in [4.78, 5) is 0. The van der Waals surface area contributed by atoms with Crippen molar-refractivity contribution < 1.29 is 0 Å². The normalized spacial score (nSPS) is 33.1. The monoisotopic (exact) mass is 345 g/mol. The Kier molecular flexibility index (Phi) is 9.36. The molecule has 0 unspecified atom stereocenters. The number of nitrogens with zero attached hydrogens (tertiary/aromatic N) is 1. The SMILES string of the molecule is CCCCC[C@H]1CC[C@H](CC[C@H]2CC[C@@](C#N)(CCCC)CC2)CC1. The molecule has 2 aliphatic carbocycles. The largest absolute Gasteiger partial charge is 0.198 e. The second-order valence-electron chi connectivity index (χ2n) is 9.40. The molecule has 0 aliphatic heterocycles. The highest BCUT2D eigenvalue weighted by atomic mass is 14.4. The predicted molar refractivity (Wildman–Crippen MR) is 108 cm³/mol. The van der Waals surface area contributed by atoms with Crippen LogP contribution in [0, 0.1) is 34.5 Å². The zero-order valence-corrected chi connectivity index (χ0v) is 17.2. The van der Waals surface area contributed by atoms with Gasteiger partial charge in [-0.05, 0) is 49.9 Å². The summed E-state index contributed by atoms with van der Waals surface area (Å²) in [6.45, 7) is 4.56. The van der Waals surface area contributed by atoms with Gasteiger partial charge in [-0.1, -0.05) is 90.9 Å². The van der Waals surface area contributed by atoms with Crippen molar-refractivity contribution in [3.8, 4) is 6.07 Å². The molecular weight excluding hydrogens is 302 g/mol. The van der Waals surface area contributed by atoms with Gasteiger partial charge in [0.2, 0.25) is 0 Å². The van der Waals surface area contributed by atoms with Gasteiger partial charge >= 0.3 is 0 Å². The summed E-state index contributed by atoms with van der Waals surface area (Å²) in [5.41, 5.74) is 0.0447. The Bertz CT molecular complexity index is 377. The van der Waals surface area contributed by atoms with Gasteiger partial charge in [-0.15, -0.1) is 0 Å². The van der Waals surface area contributed by atoms with E-state index in [1.807, 2.05) is 0 Å². The van der Waals surface area contributed by atoms with Gasteiger partial charge < -0.3 is 0 Å². The van der Waals surface area contributed by atoms with Crippen molar-refractivity contribution in [2.24, 2.45) is 23.2 Å². The van der Waals surface area contributed by atoms with Crippen LogP contribution in [-0.2, 0) is 0 Å². The Morgan fingerprint density at radius 3 is 1.76 bits per heavy atom. The van der Waals surface area contributed by atoms with Crippen molar-refractivity contribution in [1.29, 1.82) is 5.26 Å². The quantitative estimate of drug-likeness (QED) is 0.367. The number of hydrogen-bond acceptors (Lipinski definition) is 1. The van der Waals surface area contributed by atoms with E-state index in [9.17, 15) is 5.26 Å². The summed E-state index contributed by atoms with van der Waals surface area (Å²) in [5.74, 6) is 2.99. The average Bonchev–Trinajstić information content (AvgIpc) is 2.67. The summed E-state index contributed by atoms with van der Waals surface area (Å²) in [6.07, 6.45) is 23.3. The zero-order valence-electron chi connectivity index (χ0n) is 17.2. The van der Waals surface area contributed by atoms with Crippen molar-refractivity contribution in [1.82, 2.24) is 0 Å². The molecule has 144 valence electrons. The van der Waals surface area contributed by atoms with E-state index >= 15 is 0 Å². The van der Waals surface area contributed by atoms with E-state index in [1.165, 1.54) is 103 Å². The van der Waals surface area contributed by atoms with E-state index in [2.05, 4.69) is 19.9 Å². The Labute approximate surface area is 158 Å². The van der Waals surface area contributed by atoms with Gasteiger partial charge in [0.25, 0.3) is 0 Å². The number of unbranched alkanes of at least 4 members (excludes halogenated alkanes) is 3. The van der Waals surface area contributed by atoms with Crippen LogP contribution in [0.5, 0.6) is 0 Å².